The van der Waals surface area contributed by atoms with E-state index in [-0.39, 0.29) is 12.8 Å². The highest BCUT2D eigenvalue weighted by atomic mass is 31.2. The highest BCUT2D eigenvalue weighted by Crippen LogP contribution is 2.47. The third-order valence-electron chi connectivity index (χ3n) is 6.32. The molecule has 13 heteroatoms. The Kier molecular flexibility index (Phi) is 17.5. The van der Waals surface area contributed by atoms with Gasteiger partial charge >= 0.3 is 19.8 Å². The van der Waals surface area contributed by atoms with Gasteiger partial charge in [0.25, 0.3) is 0 Å². The van der Waals surface area contributed by atoms with E-state index < -0.39 is 76.0 Å². The molecule has 1 rings (SSSR count). The molecule has 0 bridgehead atoms. The molecule has 224 valence electrons. The third kappa shape index (κ3) is 14.3. The molecule has 0 aromatic heterocycles. The maximum absolute atomic E-state index is 12.5. The molecular formula is C25H47O12P. The van der Waals surface area contributed by atoms with Crippen molar-refractivity contribution in [1.29, 1.82) is 0 Å². The van der Waals surface area contributed by atoms with Crippen LogP contribution in [-0.2, 0) is 32.7 Å². The van der Waals surface area contributed by atoms with Gasteiger partial charge in [-0.25, -0.2) is 4.57 Å². The zero-order chi connectivity index (χ0) is 28.6. The Morgan fingerprint density at radius 3 is 1.92 bits per heavy atom. The van der Waals surface area contributed by atoms with Crippen LogP contribution in [0.15, 0.2) is 0 Å². The minimum absolute atomic E-state index is 0.125. The van der Waals surface area contributed by atoms with Crippen molar-refractivity contribution in [2.24, 2.45) is 0 Å². The highest BCUT2D eigenvalue weighted by molar-refractivity contribution is 7.47. The van der Waals surface area contributed by atoms with Crippen LogP contribution in [0.2, 0.25) is 0 Å². The molecule has 0 spiro atoms. The summed E-state index contributed by atoms with van der Waals surface area (Å²) in [5.41, 5.74) is 0. The maximum Gasteiger partial charge on any atom is 0.472 e. The van der Waals surface area contributed by atoms with E-state index >= 15 is 0 Å². The van der Waals surface area contributed by atoms with E-state index in [0.29, 0.717) is 12.8 Å². The normalized spacial score (nSPS) is 25.9. The van der Waals surface area contributed by atoms with Gasteiger partial charge in [-0.15, -0.1) is 0 Å². The van der Waals surface area contributed by atoms with Crippen molar-refractivity contribution in [3.05, 3.63) is 0 Å². The van der Waals surface area contributed by atoms with Crippen LogP contribution in [0.3, 0.4) is 0 Å². The molecule has 1 saturated carbocycles. The highest BCUT2D eigenvalue weighted by Gasteiger charge is 2.46. The Labute approximate surface area is 225 Å². The summed E-state index contributed by atoms with van der Waals surface area (Å²) < 4.78 is 32.8. The molecule has 38 heavy (non-hydrogen) atoms. The second kappa shape index (κ2) is 19.0. The fourth-order valence-corrected chi connectivity index (χ4v) is 5.02. The lowest BCUT2D eigenvalue weighted by Crippen LogP contribution is -2.56. The Morgan fingerprint density at radius 1 is 0.789 bits per heavy atom. The average molecular weight is 571 g/mol. The van der Waals surface area contributed by atoms with Crippen molar-refractivity contribution in [3.8, 4) is 0 Å². The zero-order valence-electron chi connectivity index (χ0n) is 22.6. The van der Waals surface area contributed by atoms with Crippen LogP contribution < -0.4 is 0 Å². The van der Waals surface area contributed by atoms with Crippen molar-refractivity contribution in [3.63, 3.8) is 0 Å². The molecule has 1 unspecified atom stereocenters. The summed E-state index contributed by atoms with van der Waals surface area (Å²) in [7, 11) is -4.93. The van der Waals surface area contributed by atoms with Gasteiger partial charge in [-0.2, -0.15) is 0 Å². The van der Waals surface area contributed by atoms with Crippen molar-refractivity contribution in [1.82, 2.24) is 0 Å². The summed E-state index contributed by atoms with van der Waals surface area (Å²) in [6.45, 7) is 3.11. The van der Waals surface area contributed by atoms with E-state index in [9.17, 15) is 39.5 Å². The molecule has 0 aliphatic heterocycles. The van der Waals surface area contributed by atoms with Gasteiger partial charge in [0.05, 0.1) is 18.8 Å². The lowest BCUT2D eigenvalue weighted by molar-refractivity contribution is -0.174. The number of carbonyl (C=O) groups is 2. The summed E-state index contributed by atoms with van der Waals surface area (Å²) in [4.78, 5) is 34.5. The topological polar surface area (TPSA) is 189 Å². The second-order valence-electron chi connectivity index (χ2n) is 9.81. The molecule has 0 aromatic carbocycles. The number of rotatable bonds is 20. The molecule has 7 atom stereocenters. The number of unbranched alkanes of at least 4 members (excludes halogenated alkanes) is 8. The van der Waals surface area contributed by atoms with Crippen LogP contribution in [0, 0.1) is 0 Å². The predicted molar refractivity (Wildman–Crippen MR) is 137 cm³/mol. The Bertz CT molecular complexity index is 720. The van der Waals surface area contributed by atoms with Gasteiger partial charge in [-0.05, 0) is 12.8 Å². The molecule has 0 saturated heterocycles. The lowest BCUT2D eigenvalue weighted by Gasteiger charge is -2.38. The van der Waals surface area contributed by atoms with Crippen LogP contribution in [0.1, 0.15) is 97.3 Å². The first kappa shape index (κ1) is 34.9. The lowest BCUT2D eigenvalue weighted by atomic mass is 9.87. The molecule has 12 nitrogen and oxygen atoms in total. The molecule has 0 radical (unpaired) electrons. The van der Waals surface area contributed by atoms with Crippen molar-refractivity contribution in [2.45, 2.75) is 134 Å². The Hall–Kier alpha value is -1.11. The maximum atomic E-state index is 12.5. The number of ether oxygens (including phenoxy) is 2. The third-order valence-corrected chi connectivity index (χ3v) is 7.30. The minimum atomic E-state index is -4.93. The smallest absolute Gasteiger partial charge is 0.462 e. The van der Waals surface area contributed by atoms with E-state index in [1.54, 1.807) is 0 Å². The van der Waals surface area contributed by atoms with Crippen molar-refractivity contribution >= 4 is 19.8 Å². The van der Waals surface area contributed by atoms with E-state index in [1.165, 1.54) is 0 Å². The molecule has 1 aliphatic carbocycles. The molecule has 1 aliphatic rings. The quantitative estimate of drug-likeness (QED) is 0.0818. The van der Waals surface area contributed by atoms with Gasteiger partial charge in [0.15, 0.2) is 6.10 Å². The van der Waals surface area contributed by atoms with Crippen LogP contribution >= 0.6 is 7.82 Å². The number of hydrogen-bond donors (Lipinski definition) is 5. The van der Waals surface area contributed by atoms with Crippen molar-refractivity contribution in [2.75, 3.05) is 13.2 Å². The summed E-state index contributed by atoms with van der Waals surface area (Å²) >= 11 is 0. The Morgan fingerprint density at radius 2 is 1.34 bits per heavy atom. The number of aliphatic hydroxyl groups is 4. The number of phosphoric ester groups is 1. The average Bonchev–Trinajstić information content (AvgIpc) is 2.86. The summed E-state index contributed by atoms with van der Waals surface area (Å²) in [6, 6.07) is 0. The van der Waals surface area contributed by atoms with E-state index in [1.807, 2.05) is 0 Å². The molecular weight excluding hydrogens is 523 g/mol. The van der Waals surface area contributed by atoms with Gasteiger partial charge in [-0.1, -0.05) is 65.2 Å². The molecule has 0 heterocycles. The van der Waals surface area contributed by atoms with Crippen LogP contribution in [-0.4, -0.2) is 87.1 Å². The van der Waals surface area contributed by atoms with Gasteiger partial charge in [0, 0.05) is 19.3 Å². The first-order chi connectivity index (χ1) is 18.0. The minimum Gasteiger partial charge on any atom is -0.462 e. The van der Waals surface area contributed by atoms with Gasteiger partial charge in [-0.3, -0.25) is 18.6 Å². The first-order valence-electron chi connectivity index (χ1n) is 13.7. The molecule has 1 fully saturated rings. The first-order valence-corrected chi connectivity index (χ1v) is 15.2. The second-order valence-corrected chi connectivity index (χ2v) is 11.2. The van der Waals surface area contributed by atoms with E-state index in [4.69, 9.17) is 18.5 Å². The summed E-state index contributed by atoms with van der Waals surface area (Å²) in [5.74, 6) is -1.07. The molecule has 0 amide bonds. The predicted octanol–water partition coefficient (Wildman–Crippen LogP) is 2.51. The summed E-state index contributed by atoms with van der Waals surface area (Å²) in [5, 5.41) is 39.4. The Balaban J connectivity index is 2.65. The number of phosphoric acid groups is 1. The molecule has 5 N–H and O–H groups in total. The monoisotopic (exact) mass is 570 g/mol. The SMILES string of the molecule is CCCCCCCC(=O)OC[C@@H](COP(=O)(O)O[C@H]1[C@H](O)[C@@H](O)[C@H](O)C[C@H]1O)OC(=O)CCCCCCC. The van der Waals surface area contributed by atoms with Gasteiger partial charge in [0.1, 0.15) is 24.9 Å². The number of carbonyl (C=O) groups excluding carboxylic acids is 2. The van der Waals surface area contributed by atoms with Crippen LogP contribution in [0.4, 0.5) is 0 Å². The number of esters is 2. The van der Waals surface area contributed by atoms with E-state index in [2.05, 4.69) is 13.8 Å². The molecule has 0 aromatic rings. The summed E-state index contributed by atoms with van der Waals surface area (Å²) in [6.07, 6.45) is -0.226. The van der Waals surface area contributed by atoms with Crippen LogP contribution in [0.25, 0.3) is 0 Å². The van der Waals surface area contributed by atoms with Crippen LogP contribution in [0.5, 0.6) is 0 Å². The number of aliphatic hydroxyl groups excluding tert-OH is 4. The largest absolute Gasteiger partial charge is 0.472 e. The number of hydrogen-bond acceptors (Lipinski definition) is 11. The fraction of sp³-hybridized carbons (Fsp3) is 0.920. The van der Waals surface area contributed by atoms with E-state index in [0.717, 1.165) is 51.4 Å². The van der Waals surface area contributed by atoms with Crippen molar-refractivity contribution < 1.29 is 58.0 Å². The zero-order valence-corrected chi connectivity index (χ0v) is 23.5. The standard InChI is InChI=1S/C25H47O12P/c1-3-5-7-9-11-13-21(28)34-16-18(36-22(29)14-12-10-8-6-4-2)17-35-38(32,33)37-25-20(27)15-19(26)23(30)24(25)31/h18-20,23-27,30-31H,3-17H2,1-2H3,(H,32,33)/t18-,19+,20+,23-,24+,25+/m0/s1. The van der Waals surface area contributed by atoms with Gasteiger partial charge in [0.2, 0.25) is 0 Å². The fourth-order valence-electron chi connectivity index (χ4n) is 4.03. The van der Waals surface area contributed by atoms with Gasteiger partial charge < -0.3 is 34.8 Å².